The molecule has 3 aromatic rings. The van der Waals surface area contributed by atoms with Crippen molar-refractivity contribution in [1.29, 1.82) is 0 Å². The normalized spacial score (nSPS) is 11.6. The molecule has 0 aliphatic rings. The first-order valence-electron chi connectivity index (χ1n) is 8.13. The van der Waals surface area contributed by atoms with E-state index < -0.39 is 6.10 Å². The summed E-state index contributed by atoms with van der Waals surface area (Å²) in [6.07, 6.45) is -0.734. The molecule has 0 saturated carbocycles. The third-order valence-corrected chi connectivity index (χ3v) is 3.71. The van der Waals surface area contributed by atoms with Crippen LogP contribution in [0.25, 0.3) is 0 Å². The third-order valence-electron chi connectivity index (χ3n) is 3.71. The molecule has 2 aromatic carbocycles. The van der Waals surface area contributed by atoms with Gasteiger partial charge in [0.2, 0.25) is 0 Å². The smallest absolute Gasteiger partial charge is 0.266 e. The Labute approximate surface area is 150 Å². The van der Waals surface area contributed by atoms with Crippen LogP contribution in [0.5, 0.6) is 5.75 Å². The monoisotopic (exact) mass is 350 g/mol. The van der Waals surface area contributed by atoms with Gasteiger partial charge in [-0.25, -0.2) is 0 Å². The number of ether oxygens (including phenoxy) is 1. The number of hydrogen-bond acceptors (Lipinski definition) is 5. The predicted octanol–water partition coefficient (Wildman–Crippen LogP) is 3.62. The number of anilines is 1. The van der Waals surface area contributed by atoms with Crippen molar-refractivity contribution >= 4 is 17.5 Å². The number of aryl methyl sites for hydroxylation is 1. The Kier molecular flexibility index (Phi) is 5.12. The molecule has 3 rings (SSSR count). The lowest BCUT2D eigenvalue weighted by Crippen LogP contribution is -2.30. The Morgan fingerprint density at radius 2 is 1.69 bits per heavy atom. The number of nitrogens with one attached hydrogen (secondary N) is 1. The molecule has 1 atom stereocenters. The second-order valence-corrected chi connectivity index (χ2v) is 5.79. The Morgan fingerprint density at radius 1 is 1.04 bits per heavy atom. The lowest BCUT2D eigenvalue weighted by atomic mass is 10.0. The van der Waals surface area contributed by atoms with E-state index >= 15 is 0 Å². The maximum atomic E-state index is 12.4. The van der Waals surface area contributed by atoms with E-state index in [0.29, 0.717) is 28.5 Å². The molecule has 0 aliphatic carbocycles. The van der Waals surface area contributed by atoms with E-state index in [-0.39, 0.29) is 11.7 Å². The molecule has 1 amide bonds. The van der Waals surface area contributed by atoms with Gasteiger partial charge in [0.25, 0.3) is 5.91 Å². The molecule has 0 fully saturated rings. The second kappa shape index (κ2) is 7.65. The molecule has 132 valence electrons. The third kappa shape index (κ3) is 4.16. The largest absolute Gasteiger partial charge is 0.481 e. The molecule has 0 unspecified atom stereocenters. The van der Waals surface area contributed by atoms with Crippen LogP contribution in [0, 0.1) is 6.92 Å². The average Bonchev–Trinajstić information content (AvgIpc) is 3.07. The molecule has 0 saturated heterocycles. The average molecular weight is 350 g/mol. The van der Waals surface area contributed by atoms with Crippen LogP contribution in [-0.4, -0.2) is 23.0 Å². The first-order chi connectivity index (χ1) is 12.5. The standard InChI is InChI=1S/C20H18N2O4/c1-13-12-18(22-26-13)21-20(24)14(2)25-17-10-8-16(9-11-17)19(23)15-6-4-3-5-7-15/h3-12,14H,1-2H3,(H,21,22,24)/t14-/m1/s1. The highest BCUT2D eigenvalue weighted by molar-refractivity contribution is 6.09. The van der Waals surface area contributed by atoms with Gasteiger partial charge < -0.3 is 14.6 Å². The predicted molar refractivity (Wildman–Crippen MR) is 96.3 cm³/mol. The van der Waals surface area contributed by atoms with Crippen LogP contribution in [0.15, 0.2) is 65.2 Å². The minimum Gasteiger partial charge on any atom is -0.481 e. The van der Waals surface area contributed by atoms with Gasteiger partial charge in [0.1, 0.15) is 11.5 Å². The summed E-state index contributed by atoms with van der Waals surface area (Å²) in [5.41, 5.74) is 1.18. The quantitative estimate of drug-likeness (QED) is 0.687. The minimum atomic E-state index is -0.734. The lowest BCUT2D eigenvalue weighted by molar-refractivity contribution is -0.122. The lowest BCUT2D eigenvalue weighted by Gasteiger charge is -2.14. The van der Waals surface area contributed by atoms with Gasteiger partial charge in [-0.3, -0.25) is 9.59 Å². The molecule has 6 heteroatoms. The Bertz CT molecular complexity index is 901. The summed E-state index contributed by atoms with van der Waals surface area (Å²) in [7, 11) is 0. The van der Waals surface area contributed by atoms with Gasteiger partial charge in [-0.05, 0) is 38.1 Å². The number of nitrogens with zero attached hydrogens (tertiary/aromatic N) is 1. The number of amides is 1. The molecule has 6 nitrogen and oxygen atoms in total. The number of carbonyl (C=O) groups is 2. The van der Waals surface area contributed by atoms with Gasteiger partial charge >= 0.3 is 0 Å². The molecule has 1 aromatic heterocycles. The van der Waals surface area contributed by atoms with E-state index in [4.69, 9.17) is 9.26 Å². The van der Waals surface area contributed by atoms with E-state index in [1.165, 1.54) is 0 Å². The fourth-order valence-corrected chi connectivity index (χ4v) is 2.35. The number of hydrogen-bond donors (Lipinski definition) is 1. The van der Waals surface area contributed by atoms with Gasteiger partial charge in [0, 0.05) is 17.2 Å². The summed E-state index contributed by atoms with van der Waals surface area (Å²) in [5.74, 6) is 1.03. The number of carbonyl (C=O) groups excluding carboxylic acids is 2. The van der Waals surface area contributed by atoms with Crippen molar-refractivity contribution in [3.05, 3.63) is 77.6 Å². The highest BCUT2D eigenvalue weighted by Gasteiger charge is 2.17. The van der Waals surface area contributed by atoms with Crippen LogP contribution < -0.4 is 10.1 Å². The Morgan fingerprint density at radius 3 is 2.31 bits per heavy atom. The van der Waals surface area contributed by atoms with Crippen LogP contribution in [0.2, 0.25) is 0 Å². The SMILES string of the molecule is Cc1cc(NC(=O)[C@@H](C)Oc2ccc(C(=O)c3ccccc3)cc2)no1. The Hall–Kier alpha value is -3.41. The van der Waals surface area contributed by atoms with E-state index in [9.17, 15) is 9.59 Å². The van der Waals surface area contributed by atoms with E-state index in [2.05, 4.69) is 10.5 Å². The highest BCUT2D eigenvalue weighted by Crippen LogP contribution is 2.17. The summed E-state index contributed by atoms with van der Waals surface area (Å²) in [5, 5.41) is 6.32. The summed E-state index contributed by atoms with van der Waals surface area (Å²) >= 11 is 0. The summed E-state index contributed by atoms with van der Waals surface area (Å²) in [4.78, 5) is 24.5. The molecule has 0 spiro atoms. The molecule has 0 aliphatic heterocycles. The summed E-state index contributed by atoms with van der Waals surface area (Å²) in [6.45, 7) is 3.37. The second-order valence-electron chi connectivity index (χ2n) is 5.79. The highest BCUT2D eigenvalue weighted by atomic mass is 16.5. The summed E-state index contributed by atoms with van der Waals surface area (Å²) < 4.78 is 10.5. The fourth-order valence-electron chi connectivity index (χ4n) is 2.35. The van der Waals surface area contributed by atoms with E-state index in [1.54, 1.807) is 56.3 Å². The number of aromatic nitrogens is 1. The molecule has 1 heterocycles. The van der Waals surface area contributed by atoms with Gasteiger partial charge in [-0.1, -0.05) is 35.5 Å². The first kappa shape index (κ1) is 17.4. The fraction of sp³-hybridized carbons (Fsp3) is 0.150. The van der Waals surface area contributed by atoms with Crippen molar-refractivity contribution in [3.63, 3.8) is 0 Å². The van der Waals surface area contributed by atoms with Crippen molar-refractivity contribution in [1.82, 2.24) is 5.16 Å². The zero-order chi connectivity index (χ0) is 18.5. The van der Waals surface area contributed by atoms with E-state index in [1.807, 2.05) is 18.2 Å². The van der Waals surface area contributed by atoms with Crippen molar-refractivity contribution in [2.45, 2.75) is 20.0 Å². The molecular formula is C20H18N2O4. The van der Waals surface area contributed by atoms with Crippen molar-refractivity contribution in [3.8, 4) is 5.75 Å². The minimum absolute atomic E-state index is 0.0654. The Balaban J connectivity index is 1.61. The van der Waals surface area contributed by atoms with Gasteiger partial charge in [0.15, 0.2) is 17.7 Å². The van der Waals surface area contributed by atoms with Crippen LogP contribution in [0.1, 0.15) is 28.6 Å². The molecule has 26 heavy (non-hydrogen) atoms. The maximum Gasteiger partial charge on any atom is 0.266 e. The van der Waals surface area contributed by atoms with Crippen LogP contribution in [0.3, 0.4) is 0 Å². The molecular weight excluding hydrogens is 332 g/mol. The van der Waals surface area contributed by atoms with Crippen molar-refractivity contribution in [2.24, 2.45) is 0 Å². The molecule has 0 bridgehead atoms. The zero-order valence-electron chi connectivity index (χ0n) is 14.4. The number of benzene rings is 2. The molecule has 0 radical (unpaired) electrons. The number of ketones is 1. The van der Waals surface area contributed by atoms with Gasteiger partial charge in [-0.15, -0.1) is 0 Å². The van der Waals surface area contributed by atoms with Crippen LogP contribution in [-0.2, 0) is 4.79 Å². The van der Waals surface area contributed by atoms with E-state index in [0.717, 1.165) is 0 Å². The summed E-state index contributed by atoms with van der Waals surface area (Å²) in [6, 6.07) is 17.3. The first-order valence-corrected chi connectivity index (χ1v) is 8.13. The molecule has 1 N–H and O–H groups in total. The van der Waals surface area contributed by atoms with Crippen molar-refractivity contribution in [2.75, 3.05) is 5.32 Å². The maximum absolute atomic E-state index is 12.4. The van der Waals surface area contributed by atoms with Gasteiger partial charge in [-0.2, -0.15) is 0 Å². The van der Waals surface area contributed by atoms with Crippen molar-refractivity contribution < 1.29 is 18.8 Å². The topological polar surface area (TPSA) is 81.4 Å². The zero-order valence-corrected chi connectivity index (χ0v) is 14.4. The van der Waals surface area contributed by atoms with Gasteiger partial charge in [0.05, 0.1) is 0 Å². The number of rotatable bonds is 6. The van der Waals surface area contributed by atoms with Crippen LogP contribution in [0.4, 0.5) is 5.82 Å². The van der Waals surface area contributed by atoms with Crippen LogP contribution >= 0.6 is 0 Å².